The molecule has 0 saturated heterocycles. The minimum absolute atomic E-state index is 0.0375. The van der Waals surface area contributed by atoms with Gasteiger partial charge in [-0.25, -0.2) is 4.79 Å². The number of carbonyl (C=O) groups excluding carboxylic acids is 1. The lowest BCUT2D eigenvalue weighted by Gasteiger charge is -2.47. The van der Waals surface area contributed by atoms with Crippen molar-refractivity contribution in [1.82, 2.24) is 4.90 Å². The Morgan fingerprint density at radius 2 is 1.85 bits per heavy atom. The molecule has 1 aromatic carbocycles. The average molecular weight is 376 g/mol. The number of rotatable bonds is 6. The molecular weight excluding hydrogens is 342 g/mol. The lowest BCUT2D eigenvalue weighted by molar-refractivity contribution is -0.109. The van der Waals surface area contributed by atoms with Crippen molar-refractivity contribution < 1.29 is 19.4 Å². The zero-order valence-electron chi connectivity index (χ0n) is 17.2. The van der Waals surface area contributed by atoms with E-state index < -0.39 is 11.8 Å². The molecule has 1 aliphatic carbocycles. The largest absolute Gasteiger partial charge is 0.506 e. The van der Waals surface area contributed by atoms with Gasteiger partial charge in [-0.1, -0.05) is 45.4 Å². The maximum atomic E-state index is 13.2. The van der Waals surface area contributed by atoms with Gasteiger partial charge in [0.25, 0.3) is 5.91 Å². The molecule has 0 bridgehead atoms. The fraction of sp³-hybridized carbons (Fsp3) is 0.636. The Labute approximate surface area is 162 Å². The first-order valence-electron chi connectivity index (χ1n) is 10.1. The van der Waals surface area contributed by atoms with Crippen LogP contribution in [0.3, 0.4) is 0 Å². The van der Waals surface area contributed by atoms with Gasteiger partial charge in [-0.2, -0.15) is 0 Å². The molecule has 5 heteroatoms. The highest BCUT2D eigenvalue weighted by atomic mass is 16.7. The summed E-state index contributed by atoms with van der Waals surface area (Å²) < 4.78 is 5.69. The highest BCUT2D eigenvalue weighted by Gasteiger charge is 2.50. The molecule has 1 fully saturated rings. The predicted octanol–water partition coefficient (Wildman–Crippen LogP) is 5.15. The Kier molecular flexibility index (Phi) is 6.90. The van der Waals surface area contributed by atoms with Crippen molar-refractivity contribution in [3.8, 4) is 0 Å². The van der Waals surface area contributed by atoms with Crippen molar-refractivity contribution in [2.24, 2.45) is 17.8 Å². The number of ether oxygens (including phenoxy) is 1. The van der Waals surface area contributed by atoms with E-state index in [-0.39, 0.29) is 17.7 Å². The third-order valence-corrected chi connectivity index (χ3v) is 5.96. The van der Waals surface area contributed by atoms with E-state index in [0.717, 1.165) is 18.4 Å². The van der Waals surface area contributed by atoms with Gasteiger partial charge in [0, 0.05) is 30.1 Å². The van der Waals surface area contributed by atoms with Crippen LogP contribution < -0.4 is 0 Å². The Morgan fingerprint density at radius 1 is 1.22 bits per heavy atom. The number of carbonyl (C=O) groups is 2. The molecule has 2 rings (SSSR count). The van der Waals surface area contributed by atoms with E-state index in [1.807, 2.05) is 32.0 Å². The van der Waals surface area contributed by atoms with Crippen LogP contribution in [-0.2, 0) is 10.3 Å². The van der Waals surface area contributed by atoms with E-state index >= 15 is 0 Å². The molecule has 1 aliphatic rings. The molecule has 0 heterocycles. The SMILES string of the molecule is CCN(CC)C(=O)c1ccccc1C1(OC(=O)O)CC(C)CCC1C(C)C. The minimum Gasteiger partial charge on any atom is -0.450 e. The molecule has 3 unspecified atom stereocenters. The third kappa shape index (κ3) is 4.28. The topological polar surface area (TPSA) is 66.8 Å². The van der Waals surface area contributed by atoms with Crippen LogP contribution in [0.4, 0.5) is 4.79 Å². The second-order valence-electron chi connectivity index (χ2n) is 8.02. The summed E-state index contributed by atoms with van der Waals surface area (Å²) in [5.74, 6) is 0.546. The summed E-state index contributed by atoms with van der Waals surface area (Å²) in [5.41, 5.74) is 0.286. The van der Waals surface area contributed by atoms with Gasteiger partial charge >= 0.3 is 6.16 Å². The number of carboxylic acid groups (broad SMARTS) is 1. The van der Waals surface area contributed by atoms with E-state index in [4.69, 9.17) is 4.74 Å². The van der Waals surface area contributed by atoms with Crippen molar-refractivity contribution in [2.75, 3.05) is 13.1 Å². The van der Waals surface area contributed by atoms with Crippen LogP contribution >= 0.6 is 0 Å². The Balaban J connectivity index is 2.67. The zero-order valence-corrected chi connectivity index (χ0v) is 17.2. The second-order valence-corrected chi connectivity index (χ2v) is 8.02. The number of amides is 1. The van der Waals surface area contributed by atoms with Gasteiger partial charge in [0.05, 0.1) is 0 Å². The third-order valence-electron chi connectivity index (χ3n) is 5.96. The van der Waals surface area contributed by atoms with Crippen molar-refractivity contribution in [1.29, 1.82) is 0 Å². The lowest BCUT2D eigenvalue weighted by atomic mass is 9.63. The Bertz CT molecular complexity index is 668. The highest BCUT2D eigenvalue weighted by Crippen LogP contribution is 2.51. The van der Waals surface area contributed by atoms with Crippen LogP contribution in [0.2, 0.25) is 0 Å². The van der Waals surface area contributed by atoms with Gasteiger partial charge < -0.3 is 14.7 Å². The van der Waals surface area contributed by atoms with Crippen LogP contribution in [-0.4, -0.2) is 35.2 Å². The normalized spacial score (nSPS) is 25.3. The zero-order chi connectivity index (χ0) is 20.2. The van der Waals surface area contributed by atoms with E-state index in [2.05, 4.69) is 20.8 Å². The monoisotopic (exact) mass is 375 g/mol. The first-order chi connectivity index (χ1) is 12.8. The van der Waals surface area contributed by atoms with Crippen LogP contribution in [0.1, 0.15) is 69.8 Å². The fourth-order valence-corrected chi connectivity index (χ4v) is 4.70. The van der Waals surface area contributed by atoms with E-state index in [1.165, 1.54) is 0 Å². The van der Waals surface area contributed by atoms with Gasteiger partial charge in [0.2, 0.25) is 0 Å². The highest BCUT2D eigenvalue weighted by molar-refractivity contribution is 5.96. The quantitative estimate of drug-likeness (QED) is 0.698. The molecule has 27 heavy (non-hydrogen) atoms. The molecule has 5 nitrogen and oxygen atoms in total. The first kappa shape index (κ1) is 21.3. The summed E-state index contributed by atoms with van der Waals surface area (Å²) in [4.78, 5) is 26.7. The molecule has 0 aliphatic heterocycles. The van der Waals surface area contributed by atoms with Crippen molar-refractivity contribution >= 4 is 12.1 Å². The van der Waals surface area contributed by atoms with Gasteiger partial charge in [0.15, 0.2) is 0 Å². The number of hydrogen-bond donors (Lipinski definition) is 1. The number of hydrogen-bond acceptors (Lipinski definition) is 3. The van der Waals surface area contributed by atoms with Gasteiger partial charge in [0.1, 0.15) is 5.60 Å². The molecule has 1 amide bonds. The maximum Gasteiger partial charge on any atom is 0.506 e. The summed E-state index contributed by atoms with van der Waals surface area (Å²) in [6.45, 7) is 11.5. The van der Waals surface area contributed by atoms with E-state index in [1.54, 1.807) is 11.0 Å². The molecule has 0 spiro atoms. The minimum atomic E-state index is -1.28. The molecular formula is C22H33NO4. The summed E-state index contributed by atoms with van der Waals surface area (Å²) in [5, 5.41) is 9.59. The molecule has 3 atom stereocenters. The summed E-state index contributed by atoms with van der Waals surface area (Å²) in [7, 11) is 0. The van der Waals surface area contributed by atoms with Gasteiger partial charge in [-0.15, -0.1) is 0 Å². The Hall–Kier alpha value is -2.04. The van der Waals surface area contributed by atoms with Gasteiger partial charge in [-0.3, -0.25) is 4.79 Å². The summed E-state index contributed by atoms with van der Waals surface area (Å²) in [6.07, 6.45) is 1.25. The second kappa shape index (κ2) is 8.77. The van der Waals surface area contributed by atoms with Crippen molar-refractivity contribution in [3.05, 3.63) is 35.4 Å². The summed E-state index contributed by atoms with van der Waals surface area (Å²) in [6, 6.07) is 7.40. The molecule has 1 saturated carbocycles. The van der Waals surface area contributed by atoms with Gasteiger partial charge in [-0.05, 0) is 44.6 Å². The van der Waals surface area contributed by atoms with Crippen LogP contribution in [0.25, 0.3) is 0 Å². The van der Waals surface area contributed by atoms with E-state index in [9.17, 15) is 14.7 Å². The first-order valence-corrected chi connectivity index (χ1v) is 10.1. The molecule has 1 N–H and O–H groups in total. The van der Waals surface area contributed by atoms with Crippen LogP contribution in [0, 0.1) is 17.8 Å². The molecule has 150 valence electrons. The molecule has 0 radical (unpaired) electrons. The van der Waals surface area contributed by atoms with E-state index in [0.29, 0.717) is 31.0 Å². The number of benzene rings is 1. The van der Waals surface area contributed by atoms with Crippen molar-refractivity contribution in [3.63, 3.8) is 0 Å². The average Bonchev–Trinajstić information content (AvgIpc) is 2.61. The molecule has 1 aromatic rings. The van der Waals surface area contributed by atoms with Crippen LogP contribution in [0.5, 0.6) is 0 Å². The smallest absolute Gasteiger partial charge is 0.450 e. The number of nitrogens with zero attached hydrogens (tertiary/aromatic N) is 1. The lowest BCUT2D eigenvalue weighted by Crippen LogP contribution is -2.47. The maximum absolute atomic E-state index is 13.2. The van der Waals surface area contributed by atoms with Crippen molar-refractivity contribution in [2.45, 2.75) is 59.5 Å². The van der Waals surface area contributed by atoms with Crippen LogP contribution in [0.15, 0.2) is 24.3 Å². The Morgan fingerprint density at radius 3 is 2.41 bits per heavy atom. The fourth-order valence-electron chi connectivity index (χ4n) is 4.70. The summed E-state index contributed by atoms with van der Waals surface area (Å²) >= 11 is 0. The molecule has 0 aromatic heterocycles. The predicted molar refractivity (Wildman–Crippen MR) is 106 cm³/mol. The standard InChI is InChI=1S/C22H33NO4/c1-6-23(7-2)20(24)17-10-8-9-11-19(17)22(27-21(25)26)14-16(5)12-13-18(22)15(3)4/h8-11,15-16,18H,6-7,12-14H2,1-5H3,(H,25,26).